The van der Waals surface area contributed by atoms with Gasteiger partial charge in [-0.1, -0.05) is 29.4 Å². The van der Waals surface area contributed by atoms with Gasteiger partial charge in [-0.2, -0.15) is 0 Å². The van der Waals surface area contributed by atoms with Crippen LogP contribution >= 0.6 is 0 Å². The highest BCUT2D eigenvalue weighted by molar-refractivity contribution is 5.75. The van der Waals surface area contributed by atoms with E-state index in [1.54, 1.807) is 0 Å². The van der Waals surface area contributed by atoms with Crippen LogP contribution in [0.2, 0.25) is 0 Å². The summed E-state index contributed by atoms with van der Waals surface area (Å²) in [6, 6.07) is 10.6. The van der Waals surface area contributed by atoms with Crippen LogP contribution in [0.25, 0.3) is 0 Å². The maximum atomic E-state index is 12.6. The molecule has 1 aromatic carbocycles. The van der Waals surface area contributed by atoms with Crippen molar-refractivity contribution in [1.29, 1.82) is 0 Å². The fourth-order valence-electron chi connectivity index (χ4n) is 3.77. The lowest BCUT2D eigenvalue weighted by molar-refractivity contribution is 0.126. The second kappa shape index (κ2) is 6.88. The van der Waals surface area contributed by atoms with Gasteiger partial charge in [-0.25, -0.2) is 4.79 Å². The van der Waals surface area contributed by atoms with Crippen molar-refractivity contribution in [2.75, 3.05) is 26.2 Å². The van der Waals surface area contributed by atoms with Crippen LogP contribution < -0.4 is 5.32 Å². The van der Waals surface area contributed by atoms with E-state index in [9.17, 15) is 4.79 Å². The van der Waals surface area contributed by atoms with E-state index in [4.69, 9.17) is 4.52 Å². The number of fused-ring (bicyclic) bond motifs is 1. The third-order valence-corrected chi connectivity index (χ3v) is 5.15. The molecule has 0 radical (unpaired) electrons. The fourth-order valence-corrected chi connectivity index (χ4v) is 3.77. The largest absolute Gasteiger partial charge is 0.360 e. The third kappa shape index (κ3) is 3.54. The summed E-state index contributed by atoms with van der Waals surface area (Å²) in [6.45, 7) is 5.88. The number of urea groups is 1. The zero-order chi connectivity index (χ0) is 17.2. The van der Waals surface area contributed by atoms with E-state index < -0.39 is 0 Å². The van der Waals surface area contributed by atoms with E-state index >= 15 is 0 Å². The molecule has 0 bridgehead atoms. The van der Waals surface area contributed by atoms with Crippen LogP contribution in [0.1, 0.15) is 35.0 Å². The normalized spacial score (nSPS) is 20.5. The Morgan fingerprint density at radius 3 is 2.84 bits per heavy atom. The first-order chi connectivity index (χ1) is 12.2. The fraction of sp³-hybridized carbons (Fsp3) is 0.474. The van der Waals surface area contributed by atoms with Crippen molar-refractivity contribution in [1.82, 2.24) is 20.3 Å². The number of nitrogens with one attached hydrogen (secondary N) is 1. The summed E-state index contributed by atoms with van der Waals surface area (Å²) in [6.07, 6.45) is 2.04. The molecule has 6 nitrogen and oxygen atoms in total. The molecule has 0 spiro atoms. The van der Waals surface area contributed by atoms with Gasteiger partial charge in [0.2, 0.25) is 0 Å². The first-order valence-electron chi connectivity index (χ1n) is 8.97. The van der Waals surface area contributed by atoms with E-state index in [2.05, 4.69) is 33.6 Å². The van der Waals surface area contributed by atoms with Crippen LogP contribution in [0.4, 0.5) is 4.79 Å². The molecular weight excluding hydrogens is 316 g/mol. The minimum absolute atomic E-state index is 0.0527. The smallest absolute Gasteiger partial charge is 0.317 e. The SMILES string of the molecule is Cc1cc(CN2CCN(C(=O)NC3CCc4ccccc43)CC2)on1. The van der Waals surface area contributed by atoms with Crippen molar-refractivity contribution in [2.24, 2.45) is 0 Å². The van der Waals surface area contributed by atoms with Gasteiger partial charge in [0.1, 0.15) is 0 Å². The number of piperazine rings is 1. The standard InChI is InChI=1S/C19H24N4O2/c1-14-12-16(25-21-14)13-22-8-10-23(11-9-22)19(24)20-18-7-6-15-4-2-3-5-17(15)18/h2-5,12,18H,6-11,13H2,1H3,(H,20,24). The van der Waals surface area contributed by atoms with E-state index in [0.717, 1.165) is 57.0 Å². The Morgan fingerprint density at radius 1 is 1.28 bits per heavy atom. The van der Waals surface area contributed by atoms with E-state index in [1.165, 1.54) is 11.1 Å². The Labute approximate surface area is 147 Å². The average Bonchev–Trinajstić information content (AvgIpc) is 3.22. The number of rotatable bonds is 3. The molecular formula is C19H24N4O2. The van der Waals surface area contributed by atoms with Crippen LogP contribution in [0, 0.1) is 6.92 Å². The second-order valence-corrected chi connectivity index (χ2v) is 6.94. The average molecular weight is 340 g/mol. The third-order valence-electron chi connectivity index (χ3n) is 5.15. The molecule has 2 heterocycles. The highest BCUT2D eigenvalue weighted by Crippen LogP contribution is 2.30. The number of aromatic nitrogens is 1. The van der Waals surface area contributed by atoms with Crippen LogP contribution in [-0.4, -0.2) is 47.2 Å². The molecule has 2 aromatic rings. The predicted octanol–water partition coefficient (Wildman–Crippen LogP) is 2.50. The first-order valence-corrected chi connectivity index (χ1v) is 8.97. The summed E-state index contributed by atoms with van der Waals surface area (Å²) in [5, 5.41) is 7.14. The van der Waals surface area contributed by atoms with E-state index in [1.807, 2.05) is 24.0 Å². The Balaban J connectivity index is 1.28. The van der Waals surface area contributed by atoms with Crippen molar-refractivity contribution in [2.45, 2.75) is 32.4 Å². The number of carbonyl (C=O) groups excluding carboxylic acids is 1. The van der Waals surface area contributed by atoms with E-state index in [0.29, 0.717) is 0 Å². The summed E-state index contributed by atoms with van der Waals surface area (Å²) in [7, 11) is 0. The Kier molecular flexibility index (Phi) is 4.44. The minimum Gasteiger partial charge on any atom is -0.360 e. The van der Waals surface area contributed by atoms with Gasteiger partial charge in [-0.3, -0.25) is 4.90 Å². The highest BCUT2D eigenvalue weighted by atomic mass is 16.5. The van der Waals surface area contributed by atoms with Gasteiger partial charge in [-0.15, -0.1) is 0 Å². The number of amides is 2. The molecule has 25 heavy (non-hydrogen) atoms. The molecule has 1 atom stereocenters. The number of nitrogens with zero attached hydrogens (tertiary/aromatic N) is 3. The number of hydrogen-bond donors (Lipinski definition) is 1. The Morgan fingerprint density at radius 2 is 2.08 bits per heavy atom. The molecule has 1 aromatic heterocycles. The van der Waals surface area contributed by atoms with Gasteiger partial charge in [0.15, 0.2) is 5.76 Å². The van der Waals surface area contributed by atoms with Gasteiger partial charge in [-0.05, 0) is 30.9 Å². The molecule has 1 saturated heterocycles. The lowest BCUT2D eigenvalue weighted by atomic mass is 10.1. The molecule has 1 N–H and O–H groups in total. The lowest BCUT2D eigenvalue weighted by Crippen LogP contribution is -2.51. The van der Waals surface area contributed by atoms with Crippen LogP contribution in [0.15, 0.2) is 34.9 Å². The quantitative estimate of drug-likeness (QED) is 0.932. The Hall–Kier alpha value is -2.34. The summed E-state index contributed by atoms with van der Waals surface area (Å²) < 4.78 is 5.28. The number of aryl methyl sites for hydroxylation is 2. The van der Waals surface area contributed by atoms with Gasteiger partial charge < -0.3 is 14.7 Å². The van der Waals surface area contributed by atoms with Gasteiger partial charge in [0, 0.05) is 32.2 Å². The zero-order valence-electron chi connectivity index (χ0n) is 14.6. The molecule has 4 rings (SSSR count). The first kappa shape index (κ1) is 16.1. The van der Waals surface area contributed by atoms with Gasteiger partial charge in [0.05, 0.1) is 18.3 Å². The van der Waals surface area contributed by atoms with E-state index in [-0.39, 0.29) is 12.1 Å². The number of carbonyl (C=O) groups is 1. The molecule has 1 aliphatic carbocycles. The van der Waals surface area contributed by atoms with Crippen molar-refractivity contribution in [3.63, 3.8) is 0 Å². The number of hydrogen-bond acceptors (Lipinski definition) is 4. The van der Waals surface area contributed by atoms with Crippen LogP contribution in [0.5, 0.6) is 0 Å². The molecule has 2 amide bonds. The van der Waals surface area contributed by atoms with Gasteiger partial charge in [0.25, 0.3) is 0 Å². The van der Waals surface area contributed by atoms with Crippen molar-refractivity contribution >= 4 is 6.03 Å². The zero-order valence-corrected chi connectivity index (χ0v) is 14.6. The molecule has 0 saturated carbocycles. The summed E-state index contributed by atoms with van der Waals surface area (Å²) in [4.78, 5) is 16.8. The van der Waals surface area contributed by atoms with Crippen molar-refractivity contribution in [3.05, 3.63) is 52.9 Å². The summed E-state index contributed by atoms with van der Waals surface area (Å²) in [5.74, 6) is 0.887. The molecule has 6 heteroatoms. The van der Waals surface area contributed by atoms with Crippen molar-refractivity contribution < 1.29 is 9.32 Å². The predicted molar refractivity (Wildman–Crippen MR) is 94.1 cm³/mol. The van der Waals surface area contributed by atoms with Crippen LogP contribution in [0.3, 0.4) is 0 Å². The number of benzene rings is 1. The lowest BCUT2D eigenvalue weighted by Gasteiger charge is -2.34. The second-order valence-electron chi connectivity index (χ2n) is 6.94. The summed E-state index contributed by atoms with van der Waals surface area (Å²) >= 11 is 0. The highest BCUT2D eigenvalue weighted by Gasteiger charge is 2.27. The topological polar surface area (TPSA) is 61.6 Å². The maximum absolute atomic E-state index is 12.6. The van der Waals surface area contributed by atoms with Crippen LogP contribution in [-0.2, 0) is 13.0 Å². The molecule has 1 aliphatic heterocycles. The molecule has 132 valence electrons. The summed E-state index contributed by atoms with van der Waals surface area (Å²) in [5.41, 5.74) is 3.54. The Bertz CT molecular complexity index is 749. The molecule has 1 unspecified atom stereocenters. The minimum atomic E-state index is 0.0527. The maximum Gasteiger partial charge on any atom is 0.317 e. The van der Waals surface area contributed by atoms with Gasteiger partial charge >= 0.3 is 6.03 Å². The molecule has 1 fully saturated rings. The monoisotopic (exact) mass is 340 g/mol. The molecule has 2 aliphatic rings. The van der Waals surface area contributed by atoms with Crippen molar-refractivity contribution in [3.8, 4) is 0 Å².